The van der Waals surface area contributed by atoms with Crippen LogP contribution in [0.5, 0.6) is 5.75 Å². The number of nitrogens with zero attached hydrogens (tertiary/aromatic N) is 2. The summed E-state index contributed by atoms with van der Waals surface area (Å²) >= 11 is 0. The Balaban J connectivity index is 1.67. The van der Waals surface area contributed by atoms with Crippen molar-refractivity contribution in [3.63, 3.8) is 0 Å². The van der Waals surface area contributed by atoms with Gasteiger partial charge in [0.15, 0.2) is 34.7 Å². The number of hydrogen-bond donors (Lipinski definition) is 3. The van der Waals surface area contributed by atoms with Crippen LogP contribution in [-0.2, 0) is 34.1 Å². The highest BCUT2D eigenvalue weighted by Crippen LogP contribution is 2.56. The summed E-state index contributed by atoms with van der Waals surface area (Å²) < 4.78 is 5.92. The van der Waals surface area contributed by atoms with E-state index in [9.17, 15) is 39.0 Å². The van der Waals surface area contributed by atoms with Crippen LogP contribution in [0.4, 0.5) is 0 Å². The molecule has 1 aromatic rings. The lowest BCUT2D eigenvalue weighted by Crippen LogP contribution is -2.78. The molecule has 4 aliphatic rings. The maximum absolute atomic E-state index is 14.6. The molecule has 250 valence electrons. The molecule has 8 atom stereocenters. The second-order valence-corrected chi connectivity index (χ2v) is 14.5. The van der Waals surface area contributed by atoms with Crippen LogP contribution in [-0.4, -0.2) is 107 Å². The smallest absolute Gasteiger partial charge is 0.305 e. The highest BCUT2D eigenvalue weighted by Gasteiger charge is 2.74. The van der Waals surface area contributed by atoms with Gasteiger partial charge in [0.2, 0.25) is 5.91 Å². The molecule has 3 aliphatic carbocycles. The van der Waals surface area contributed by atoms with Crippen molar-refractivity contribution in [3.8, 4) is 5.75 Å². The van der Waals surface area contributed by atoms with Gasteiger partial charge >= 0.3 is 5.97 Å². The second kappa shape index (κ2) is 12.0. The van der Waals surface area contributed by atoms with Gasteiger partial charge in [0.25, 0.3) is 0 Å². The van der Waals surface area contributed by atoms with Crippen LogP contribution in [0.2, 0.25) is 0 Å². The van der Waals surface area contributed by atoms with Gasteiger partial charge in [-0.15, -0.1) is 0 Å². The number of carbonyl (C=O) groups excluding carboxylic acids is 6. The average Bonchev–Trinajstić information content (AvgIpc) is 3.50. The van der Waals surface area contributed by atoms with Crippen LogP contribution in [0, 0.1) is 23.7 Å². The van der Waals surface area contributed by atoms with Crippen molar-refractivity contribution in [2.24, 2.45) is 23.7 Å². The van der Waals surface area contributed by atoms with Gasteiger partial charge in [0.1, 0.15) is 11.9 Å². The molecule has 3 N–H and O–H groups in total. The third kappa shape index (κ3) is 5.09. The van der Waals surface area contributed by atoms with E-state index in [1.165, 1.54) is 19.0 Å². The normalized spacial score (nSPS) is 33.0. The zero-order valence-corrected chi connectivity index (χ0v) is 27.6. The molecule has 12 heteroatoms. The van der Waals surface area contributed by atoms with E-state index in [0.29, 0.717) is 11.1 Å². The zero-order valence-electron chi connectivity index (χ0n) is 27.6. The highest BCUT2D eigenvalue weighted by atomic mass is 16.5. The van der Waals surface area contributed by atoms with E-state index < -0.39 is 87.8 Å². The predicted molar refractivity (Wildman–Crippen MR) is 165 cm³/mol. The second-order valence-electron chi connectivity index (χ2n) is 14.5. The van der Waals surface area contributed by atoms with Crippen molar-refractivity contribution in [2.45, 2.75) is 83.0 Å². The largest absolute Gasteiger partial charge is 0.507 e. The average molecular weight is 640 g/mol. The molecule has 0 bridgehead atoms. The quantitative estimate of drug-likeness (QED) is 0.303. The maximum atomic E-state index is 14.6. The molecule has 3 fully saturated rings. The van der Waals surface area contributed by atoms with Gasteiger partial charge in [-0.2, -0.15) is 0 Å². The standard InChI is InChI=1S/C34H45N3O9/c1-8-19(38)46-29-20-16(2)17-11-12-18(33(3,4)5)26(39)21(17)27(40)22(20)30(42)34(45)24(29)25(36(6)7)28(41)23(31(34)43)32(44)35-15-37-13-9-10-14-37/h11-12,16,20,22-25,29,39,45H,8-10,13-15H2,1-7H3,(H,35,44)/t16-,20+,22?,23?,24+,25-,29-,34-/m1/s1. The molecule has 0 aromatic heterocycles. The van der Waals surface area contributed by atoms with Crippen LogP contribution in [0.15, 0.2) is 12.1 Å². The number of phenols is 1. The number of fused-ring (bicyclic) bond motifs is 3. The summed E-state index contributed by atoms with van der Waals surface area (Å²) in [6.07, 6.45) is 0.375. The van der Waals surface area contributed by atoms with E-state index in [-0.39, 0.29) is 24.4 Å². The molecule has 2 saturated carbocycles. The Labute approximate surface area is 268 Å². The molecule has 1 aliphatic heterocycles. The molecule has 0 radical (unpaired) electrons. The van der Waals surface area contributed by atoms with Gasteiger partial charge < -0.3 is 20.3 Å². The summed E-state index contributed by atoms with van der Waals surface area (Å²) in [5, 5.41) is 26.4. The highest BCUT2D eigenvalue weighted by molar-refractivity contribution is 6.32. The summed E-state index contributed by atoms with van der Waals surface area (Å²) in [5.74, 6) is -13.1. The zero-order chi connectivity index (χ0) is 34.0. The van der Waals surface area contributed by atoms with Crippen molar-refractivity contribution < 1.29 is 43.7 Å². The Morgan fingerprint density at radius 1 is 1.09 bits per heavy atom. The van der Waals surface area contributed by atoms with Crippen LogP contribution in [0.1, 0.15) is 81.3 Å². The van der Waals surface area contributed by atoms with Gasteiger partial charge in [-0.3, -0.25) is 38.6 Å². The van der Waals surface area contributed by atoms with Crippen LogP contribution in [0.3, 0.4) is 0 Å². The minimum atomic E-state index is -3.01. The van der Waals surface area contributed by atoms with E-state index in [1.807, 2.05) is 25.7 Å². The van der Waals surface area contributed by atoms with Crippen molar-refractivity contribution in [2.75, 3.05) is 33.9 Å². The third-order valence-electron chi connectivity index (χ3n) is 10.5. The van der Waals surface area contributed by atoms with E-state index >= 15 is 0 Å². The number of aromatic hydroxyl groups is 1. The Kier molecular flexibility index (Phi) is 8.80. The predicted octanol–water partition coefficient (Wildman–Crippen LogP) is 1.34. The number of rotatable bonds is 6. The first-order valence-corrected chi connectivity index (χ1v) is 16.1. The van der Waals surface area contributed by atoms with Crippen molar-refractivity contribution in [3.05, 3.63) is 28.8 Å². The summed E-state index contributed by atoms with van der Waals surface area (Å²) in [5.41, 5.74) is -2.75. The topological polar surface area (TPSA) is 171 Å². The molecule has 0 spiro atoms. The lowest BCUT2D eigenvalue weighted by atomic mass is 9.49. The summed E-state index contributed by atoms with van der Waals surface area (Å²) in [7, 11) is 3.04. The molecule has 2 unspecified atom stereocenters. The lowest BCUT2D eigenvalue weighted by Gasteiger charge is -2.56. The number of hydrogen-bond acceptors (Lipinski definition) is 11. The number of amides is 1. The van der Waals surface area contributed by atoms with E-state index in [0.717, 1.165) is 25.9 Å². The fraction of sp³-hybridized carbons (Fsp3) is 0.647. The number of benzene rings is 1. The first-order chi connectivity index (χ1) is 21.5. The SMILES string of the molecule is CCC(=O)O[C@@H]1[C@@H]2C(C(=O)c3c(ccc(C(C)(C)C)c3O)[C@H]2C)C(=O)[C@@]2(O)C(=O)C(C(=O)NCN3CCCC3)C(=O)[C@H](N(C)C)[C@@H]12. The van der Waals surface area contributed by atoms with Crippen LogP contribution in [0.25, 0.3) is 0 Å². The van der Waals surface area contributed by atoms with Gasteiger partial charge in [-0.25, -0.2) is 0 Å². The fourth-order valence-electron chi connectivity index (χ4n) is 8.16. The number of ether oxygens (including phenoxy) is 1. The first kappa shape index (κ1) is 33.9. The molecular formula is C34H45N3O9. The van der Waals surface area contributed by atoms with Crippen molar-refractivity contribution in [1.29, 1.82) is 0 Å². The molecule has 1 heterocycles. The maximum Gasteiger partial charge on any atom is 0.305 e. The lowest BCUT2D eigenvalue weighted by molar-refractivity contribution is -0.205. The van der Waals surface area contributed by atoms with Gasteiger partial charge in [0, 0.05) is 12.3 Å². The Morgan fingerprint density at radius 2 is 1.72 bits per heavy atom. The Hall–Kier alpha value is -3.48. The minimum absolute atomic E-state index is 0.0828. The Morgan fingerprint density at radius 3 is 2.28 bits per heavy atom. The molecule has 5 rings (SSSR count). The van der Waals surface area contributed by atoms with Crippen LogP contribution >= 0.6 is 0 Å². The van der Waals surface area contributed by atoms with Gasteiger partial charge in [0.05, 0.1) is 30.1 Å². The number of ketones is 4. The van der Waals surface area contributed by atoms with E-state index in [2.05, 4.69) is 5.32 Å². The first-order valence-electron chi connectivity index (χ1n) is 16.1. The number of likely N-dealkylation sites (N-methyl/N-ethyl adjacent to an activating group) is 1. The molecular weight excluding hydrogens is 594 g/mol. The van der Waals surface area contributed by atoms with Crippen molar-refractivity contribution >= 4 is 35.0 Å². The number of likely N-dealkylation sites (tertiary alicyclic amines) is 1. The molecule has 12 nitrogen and oxygen atoms in total. The number of phenolic OH excluding ortho intramolecular Hbond substituents is 1. The minimum Gasteiger partial charge on any atom is -0.507 e. The van der Waals surface area contributed by atoms with Crippen LogP contribution < -0.4 is 5.32 Å². The van der Waals surface area contributed by atoms with E-state index in [4.69, 9.17) is 4.74 Å². The monoisotopic (exact) mass is 639 g/mol. The summed E-state index contributed by atoms with van der Waals surface area (Å²) in [4.78, 5) is 87.1. The number of esters is 1. The molecule has 1 aromatic carbocycles. The number of carbonyl (C=O) groups is 6. The third-order valence-corrected chi connectivity index (χ3v) is 10.5. The molecule has 1 amide bonds. The Bertz CT molecular complexity index is 1490. The number of nitrogens with one attached hydrogen (secondary N) is 1. The molecule has 46 heavy (non-hydrogen) atoms. The van der Waals surface area contributed by atoms with Crippen molar-refractivity contribution in [1.82, 2.24) is 15.1 Å². The summed E-state index contributed by atoms with van der Waals surface area (Å²) in [6, 6.07) is 2.04. The molecule has 1 saturated heterocycles. The van der Waals surface area contributed by atoms with Gasteiger partial charge in [-0.05, 0) is 62.5 Å². The number of aliphatic hydroxyl groups is 1. The number of Topliss-reactive ketones (excluding diaryl/α,β-unsaturated/α-hetero) is 4. The van der Waals surface area contributed by atoms with Gasteiger partial charge in [-0.1, -0.05) is 46.8 Å². The van der Waals surface area contributed by atoms with E-state index in [1.54, 1.807) is 26.0 Å². The summed E-state index contributed by atoms with van der Waals surface area (Å²) in [6.45, 7) is 10.4. The fourth-order valence-corrected chi connectivity index (χ4v) is 8.16.